The summed E-state index contributed by atoms with van der Waals surface area (Å²) in [5, 5.41) is 0. The van der Waals surface area contributed by atoms with Gasteiger partial charge in [-0.05, 0) is 30.5 Å². The van der Waals surface area contributed by atoms with Crippen LogP contribution >= 0.6 is 0 Å². The fraction of sp³-hybridized carbons (Fsp3) is 0.350. The fourth-order valence-electron chi connectivity index (χ4n) is 3.88. The van der Waals surface area contributed by atoms with Crippen LogP contribution < -0.4 is 0 Å². The Morgan fingerprint density at radius 1 is 1.00 bits per heavy atom. The summed E-state index contributed by atoms with van der Waals surface area (Å²) < 4.78 is 0. The first-order valence-electron chi connectivity index (χ1n) is 8.39. The van der Waals surface area contributed by atoms with Crippen LogP contribution in [0.25, 0.3) is 0 Å². The van der Waals surface area contributed by atoms with Gasteiger partial charge in [0.1, 0.15) is 0 Å². The summed E-state index contributed by atoms with van der Waals surface area (Å²) in [6.07, 6.45) is 0.972. The van der Waals surface area contributed by atoms with E-state index in [0.717, 1.165) is 31.6 Å². The summed E-state index contributed by atoms with van der Waals surface area (Å²) in [5.74, 6) is 0.211. The van der Waals surface area contributed by atoms with Crippen molar-refractivity contribution in [3.8, 4) is 0 Å². The Morgan fingerprint density at radius 3 is 2.57 bits per heavy atom. The maximum atomic E-state index is 12.8. The molecule has 0 spiro atoms. The topological polar surface area (TPSA) is 23.6 Å². The van der Waals surface area contributed by atoms with Crippen LogP contribution in [-0.2, 0) is 13.0 Å². The van der Waals surface area contributed by atoms with Crippen molar-refractivity contribution in [3.63, 3.8) is 0 Å². The molecule has 0 unspecified atom stereocenters. The van der Waals surface area contributed by atoms with Gasteiger partial charge in [-0.2, -0.15) is 0 Å². The maximum Gasteiger partial charge on any atom is 0.254 e. The Labute approximate surface area is 137 Å². The highest BCUT2D eigenvalue weighted by Crippen LogP contribution is 2.28. The molecule has 0 aromatic heterocycles. The molecule has 0 saturated carbocycles. The van der Waals surface area contributed by atoms with E-state index in [0.29, 0.717) is 12.1 Å². The zero-order valence-electron chi connectivity index (χ0n) is 13.5. The van der Waals surface area contributed by atoms with Crippen LogP contribution in [0.2, 0.25) is 0 Å². The van der Waals surface area contributed by atoms with E-state index >= 15 is 0 Å². The average molecular weight is 306 g/mol. The van der Waals surface area contributed by atoms with E-state index in [-0.39, 0.29) is 5.91 Å². The first kappa shape index (κ1) is 14.5. The van der Waals surface area contributed by atoms with E-state index in [4.69, 9.17) is 0 Å². The van der Waals surface area contributed by atoms with Gasteiger partial charge in [-0.25, -0.2) is 0 Å². The van der Waals surface area contributed by atoms with Crippen molar-refractivity contribution >= 4 is 5.91 Å². The Hall–Kier alpha value is -2.13. The zero-order chi connectivity index (χ0) is 15.8. The third kappa shape index (κ3) is 2.66. The number of benzene rings is 2. The molecule has 1 saturated heterocycles. The first-order valence-corrected chi connectivity index (χ1v) is 8.39. The van der Waals surface area contributed by atoms with Crippen molar-refractivity contribution in [2.24, 2.45) is 0 Å². The minimum absolute atomic E-state index is 0.211. The lowest BCUT2D eigenvalue weighted by Gasteiger charge is -2.47. The van der Waals surface area contributed by atoms with E-state index in [9.17, 15) is 4.79 Å². The molecule has 0 radical (unpaired) electrons. The van der Waals surface area contributed by atoms with Crippen molar-refractivity contribution in [2.75, 3.05) is 13.1 Å². The zero-order valence-corrected chi connectivity index (χ0v) is 13.5. The molecule has 3 heteroatoms. The minimum atomic E-state index is 0.211. The average Bonchev–Trinajstić information content (AvgIpc) is 2.58. The highest BCUT2D eigenvalue weighted by Gasteiger charge is 2.38. The number of rotatable bonds is 2. The van der Waals surface area contributed by atoms with Crippen LogP contribution in [-0.4, -0.2) is 40.9 Å². The minimum Gasteiger partial charge on any atom is -0.332 e. The molecule has 0 N–H and O–H groups in total. The van der Waals surface area contributed by atoms with Gasteiger partial charge in [0.05, 0.1) is 0 Å². The summed E-state index contributed by atoms with van der Waals surface area (Å²) >= 11 is 0. The number of hydrogen-bond donors (Lipinski definition) is 0. The van der Waals surface area contributed by atoms with Crippen LogP contribution in [0, 0.1) is 0 Å². The predicted octanol–water partition coefficient (Wildman–Crippen LogP) is 2.96. The van der Waals surface area contributed by atoms with Crippen molar-refractivity contribution in [1.29, 1.82) is 0 Å². The van der Waals surface area contributed by atoms with Gasteiger partial charge in [-0.15, -0.1) is 0 Å². The van der Waals surface area contributed by atoms with Gasteiger partial charge in [-0.3, -0.25) is 9.69 Å². The molecule has 0 bridgehead atoms. The lowest BCUT2D eigenvalue weighted by atomic mass is 9.90. The molecule has 1 fully saturated rings. The second-order valence-corrected chi connectivity index (χ2v) is 6.74. The second-order valence-electron chi connectivity index (χ2n) is 6.74. The molecule has 2 aliphatic rings. The van der Waals surface area contributed by atoms with Crippen molar-refractivity contribution < 1.29 is 4.79 Å². The molecular formula is C20H22N2O. The number of hydrogen-bond acceptors (Lipinski definition) is 2. The predicted molar refractivity (Wildman–Crippen MR) is 91.3 cm³/mol. The summed E-state index contributed by atoms with van der Waals surface area (Å²) in [4.78, 5) is 17.4. The Balaban J connectivity index is 1.56. The second kappa shape index (κ2) is 5.82. The molecule has 2 heterocycles. The normalized spacial score (nSPS) is 24.2. The number of fused-ring (bicyclic) bond motifs is 2. The molecule has 23 heavy (non-hydrogen) atoms. The van der Waals surface area contributed by atoms with E-state index in [1.807, 2.05) is 18.2 Å². The lowest BCUT2D eigenvalue weighted by molar-refractivity contribution is 0.0210. The van der Waals surface area contributed by atoms with E-state index in [2.05, 4.69) is 53.1 Å². The molecule has 2 atom stereocenters. The summed E-state index contributed by atoms with van der Waals surface area (Å²) in [5.41, 5.74) is 3.44. The van der Waals surface area contributed by atoms with Gasteiger partial charge < -0.3 is 4.90 Å². The Morgan fingerprint density at radius 2 is 1.74 bits per heavy atom. The number of nitrogens with zero attached hydrogens (tertiary/aromatic N) is 2. The van der Waals surface area contributed by atoms with Crippen LogP contribution in [0.15, 0.2) is 54.6 Å². The molecule has 118 valence electrons. The van der Waals surface area contributed by atoms with Crippen molar-refractivity contribution in [2.45, 2.75) is 32.0 Å². The highest BCUT2D eigenvalue weighted by atomic mass is 16.2. The first-order chi connectivity index (χ1) is 11.2. The smallest absolute Gasteiger partial charge is 0.254 e. The van der Waals surface area contributed by atoms with E-state index in [1.165, 1.54) is 11.1 Å². The lowest BCUT2D eigenvalue weighted by Crippen LogP contribution is -2.61. The van der Waals surface area contributed by atoms with Gasteiger partial charge in [-0.1, -0.05) is 48.5 Å². The highest BCUT2D eigenvalue weighted by molar-refractivity contribution is 5.97. The number of carbonyl (C=O) groups is 1. The Bertz CT molecular complexity index is 713. The number of amides is 1. The number of piperazine rings is 1. The van der Waals surface area contributed by atoms with Crippen LogP contribution in [0.4, 0.5) is 0 Å². The molecule has 3 nitrogen and oxygen atoms in total. The molecule has 2 aromatic rings. The van der Waals surface area contributed by atoms with Gasteiger partial charge in [0, 0.05) is 37.3 Å². The maximum absolute atomic E-state index is 12.8. The third-order valence-electron chi connectivity index (χ3n) is 5.16. The molecule has 2 aromatic carbocycles. The molecule has 1 amide bonds. The van der Waals surface area contributed by atoms with Crippen LogP contribution in [0.1, 0.15) is 28.4 Å². The monoisotopic (exact) mass is 306 g/mol. The van der Waals surface area contributed by atoms with Gasteiger partial charge in [0.25, 0.3) is 5.91 Å². The van der Waals surface area contributed by atoms with E-state index < -0.39 is 0 Å². The SMILES string of the molecule is C[C@@H]1CN2C(=O)c3ccccc3C[C@@H]2CN1Cc1ccccc1. The molecule has 4 rings (SSSR count). The standard InChI is InChI=1S/C20H22N2O/c1-15-12-22-18(11-17-9-5-6-10-19(17)20(22)23)14-21(15)13-16-7-3-2-4-8-16/h2-10,15,18H,11-14H2,1H3/t15-,18-/m1/s1. The van der Waals surface area contributed by atoms with Gasteiger partial charge in [0.2, 0.25) is 0 Å². The largest absolute Gasteiger partial charge is 0.332 e. The molecule has 2 aliphatic heterocycles. The molecule has 0 aliphatic carbocycles. The Kier molecular flexibility index (Phi) is 3.66. The van der Waals surface area contributed by atoms with Gasteiger partial charge in [0.15, 0.2) is 0 Å². The van der Waals surface area contributed by atoms with Crippen molar-refractivity contribution in [1.82, 2.24) is 9.80 Å². The van der Waals surface area contributed by atoms with E-state index in [1.54, 1.807) is 0 Å². The quantitative estimate of drug-likeness (QED) is 0.851. The summed E-state index contributed by atoms with van der Waals surface area (Å²) in [7, 11) is 0. The number of carbonyl (C=O) groups excluding carboxylic acids is 1. The fourth-order valence-corrected chi connectivity index (χ4v) is 3.88. The summed E-state index contributed by atoms with van der Waals surface area (Å²) in [6, 6.07) is 19.4. The molecular weight excluding hydrogens is 284 g/mol. The van der Waals surface area contributed by atoms with Crippen LogP contribution in [0.5, 0.6) is 0 Å². The van der Waals surface area contributed by atoms with Gasteiger partial charge >= 0.3 is 0 Å². The van der Waals surface area contributed by atoms with Crippen molar-refractivity contribution in [3.05, 3.63) is 71.3 Å². The third-order valence-corrected chi connectivity index (χ3v) is 5.16. The summed E-state index contributed by atoms with van der Waals surface area (Å²) in [6.45, 7) is 4.97. The van der Waals surface area contributed by atoms with Crippen LogP contribution in [0.3, 0.4) is 0 Å².